The zero-order valence-electron chi connectivity index (χ0n) is 16.9. The number of pyridine rings is 1. The van der Waals surface area contributed by atoms with Crippen molar-refractivity contribution in [3.63, 3.8) is 0 Å². The minimum absolute atomic E-state index is 0.0699. The molecule has 2 heterocycles. The van der Waals surface area contributed by atoms with Gasteiger partial charge in [-0.05, 0) is 50.1 Å². The van der Waals surface area contributed by atoms with Crippen molar-refractivity contribution in [2.75, 3.05) is 18.5 Å². The lowest BCUT2D eigenvalue weighted by Crippen LogP contribution is -2.22. The number of benzene rings is 1. The summed E-state index contributed by atoms with van der Waals surface area (Å²) in [6, 6.07) is 6.44. The van der Waals surface area contributed by atoms with E-state index in [2.05, 4.69) is 15.4 Å². The first-order valence-corrected chi connectivity index (χ1v) is 9.07. The molecule has 0 spiro atoms. The molecule has 0 bridgehead atoms. The van der Waals surface area contributed by atoms with Gasteiger partial charge in [0.25, 0.3) is 5.91 Å². The number of rotatable bonds is 6. The van der Waals surface area contributed by atoms with Crippen molar-refractivity contribution in [1.29, 1.82) is 0 Å². The molecule has 0 radical (unpaired) electrons. The lowest BCUT2D eigenvalue weighted by Gasteiger charge is -2.14. The van der Waals surface area contributed by atoms with Gasteiger partial charge in [0.05, 0.1) is 11.1 Å². The number of carbonyl (C=O) groups excluding carboxylic acids is 1. The SMILES string of the molecule is Cc1ccc(NC(=O)COc2nn(C)c3nc(C)cc(C)c23)c(OCC(F)(F)F)c1. The Hall–Kier alpha value is -3.30. The molecule has 1 N–H and O–H groups in total. The van der Waals surface area contributed by atoms with E-state index in [1.54, 1.807) is 24.7 Å². The number of fused-ring (bicyclic) bond motifs is 1. The molecular formula is C20H21F3N4O3. The van der Waals surface area contributed by atoms with Gasteiger partial charge in [0, 0.05) is 12.7 Å². The molecule has 0 saturated heterocycles. The zero-order valence-corrected chi connectivity index (χ0v) is 16.9. The maximum Gasteiger partial charge on any atom is 0.422 e. The fourth-order valence-electron chi connectivity index (χ4n) is 2.98. The summed E-state index contributed by atoms with van der Waals surface area (Å²) >= 11 is 0. The Labute approximate surface area is 170 Å². The number of aromatic nitrogens is 3. The summed E-state index contributed by atoms with van der Waals surface area (Å²) in [5.41, 5.74) is 3.18. The molecule has 0 fully saturated rings. The average molecular weight is 422 g/mol. The zero-order chi connectivity index (χ0) is 22.1. The molecule has 160 valence electrons. The van der Waals surface area contributed by atoms with Crippen molar-refractivity contribution in [3.05, 3.63) is 41.1 Å². The summed E-state index contributed by atoms with van der Waals surface area (Å²) in [4.78, 5) is 16.8. The molecular weight excluding hydrogens is 401 g/mol. The molecule has 1 aromatic carbocycles. The van der Waals surface area contributed by atoms with Crippen LogP contribution in [0.3, 0.4) is 0 Å². The van der Waals surface area contributed by atoms with Crippen LogP contribution in [0.4, 0.5) is 18.9 Å². The minimum Gasteiger partial charge on any atom is -0.482 e. The molecule has 0 unspecified atom stereocenters. The summed E-state index contributed by atoms with van der Waals surface area (Å²) in [7, 11) is 1.72. The van der Waals surface area contributed by atoms with Crippen LogP contribution in [0.5, 0.6) is 11.6 Å². The first kappa shape index (κ1) is 21.4. The number of ether oxygens (including phenoxy) is 2. The summed E-state index contributed by atoms with van der Waals surface area (Å²) in [5.74, 6) is -0.378. The summed E-state index contributed by atoms with van der Waals surface area (Å²) in [5, 5.41) is 7.47. The molecule has 0 aliphatic carbocycles. The van der Waals surface area contributed by atoms with E-state index in [1.165, 1.54) is 12.1 Å². The number of carbonyl (C=O) groups is 1. The maximum absolute atomic E-state index is 12.5. The van der Waals surface area contributed by atoms with Crippen molar-refractivity contribution in [3.8, 4) is 11.6 Å². The van der Waals surface area contributed by atoms with Crippen LogP contribution in [0.2, 0.25) is 0 Å². The molecule has 0 aliphatic rings. The number of halogens is 3. The molecule has 3 rings (SSSR count). The summed E-state index contributed by atoms with van der Waals surface area (Å²) in [6.45, 7) is 3.63. The predicted molar refractivity (Wildman–Crippen MR) is 105 cm³/mol. The molecule has 0 aliphatic heterocycles. The van der Waals surface area contributed by atoms with E-state index in [9.17, 15) is 18.0 Å². The Morgan fingerprint density at radius 1 is 1.17 bits per heavy atom. The van der Waals surface area contributed by atoms with Crippen molar-refractivity contribution in [2.45, 2.75) is 26.9 Å². The van der Waals surface area contributed by atoms with E-state index in [4.69, 9.17) is 9.47 Å². The van der Waals surface area contributed by atoms with Crippen LogP contribution in [0, 0.1) is 20.8 Å². The average Bonchev–Trinajstić information content (AvgIpc) is 2.95. The first-order valence-electron chi connectivity index (χ1n) is 9.07. The number of nitrogens with zero attached hydrogens (tertiary/aromatic N) is 3. The molecule has 0 atom stereocenters. The molecule has 10 heteroatoms. The van der Waals surface area contributed by atoms with Gasteiger partial charge in [-0.1, -0.05) is 6.07 Å². The standard InChI is InChI=1S/C20H21F3N4O3/c1-11-5-6-14(15(7-11)30-10-20(21,22)23)25-16(28)9-29-19-17-12(2)8-13(3)24-18(17)27(4)26-19/h5-8H,9-10H2,1-4H3,(H,25,28). The van der Waals surface area contributed by atoms with Gasteiger partial charge < -0.3 is 14.8 Å². The quantitative estimate of drug-likeness (QED) is 0.653. The third-order valence-corrected chi connectivity index (χ3v) is 4.23. The summed E-state index contributed by atoms with van der Waals surface area (Å²) < 4.78 is 49.4. The topological polar surface area (TPSA) is 78.3 Å². The van der Waals surface area contributed by atoms with Gasteiger partial charge in [-0.15, -0.1) is 5.10 Å². The Bertz CT molecular complexity index is 1090. The molecule has 1 amide bonds. The van der Waals surface area contributed by atoms with Crippen LogP contribution in [-0.2, 0) is 11.8 Å². The molecule has 3 aromatic rings. The Morgan fingerprint density at radius 3 is 2.60 bits per heavy atom. The van der Waals surface area contributed by atoms with E-state index in [0.29, 0.717) is 16.6 Å². The van der Waals surface area contributed by atoms with Crippen LogP contribution in [0.15, 0.2) is 24.3 Å². The van der Waals surface area contributed by atoms with Gasteiger partial charge >= 0.3 is 6.18 Å². The lowest BCUT2D eigenvalue weighted by molar-refractivity contribution is -0.153. The normalized spacial score (nSPS) is 11.6. The van der Waals surface area contributed by atoms with Crippen LogP contribution >= 0.6 is 0 Å². The van der Waals surface area contributed by atoms with Gasteiger partial charge in [-0.25, -0.2) is 9.67 Å². The van der Waals surface area contributed by atoms with Crippen molar-refractivity contribution >= 4 is 22.6 Å². The monoisotopic (exact) mass is 422 g/mol. The smallest absolute Gasteiger partial charge is 0.422 e. The number of hydrogen-bond acceptors (Lipinski definition) is 5. The predicted octanol–water partition coefficient (Wildman–Crippen LogP) is 3.85. The third kappa shape index (κ3) is 5.00. The van der Waals surface area contributed by atoms with E-state index < -0.39 is 18.7 Å². The van der Waals surface area contributed by atoms with Crippen LogP contribution < -0.4 is 14.8 Å². The van der Waals surface area contributed by atoms with Gasteiger partial charge in [0.15, 0.2) is 18.9 Å². The Kier molecular flexibility index (Phi) is 5.86. The maximum atomic E-state index is 12.5. The number of alkyl halides is 3. The van der Waals surface area contributed by atoms with Gasteiger partial charge in [-0.3, -0.25) is 4.79 Å². The van der Waals surface area contributed by atoms with Crippen molar-refractivity contribution < 1.29 is 27.4 Å². The summed E-state index contributed by atoms with van der Waals surface area (Å²) in [6.07, 6.45) is -4.49. The van der Waals surface area contributed by atoms with E-state index in [0.717, 1.165) is 11.3 Å². The fourth-order valence-corrected chi connectivity index (χ4v) is 2.98. The first-order chi connectivity index (χ1) is 14.0. The number of aryl methyl sites for hydroxylation is 4. The number of anilines is 1. The highest BCUT2D eigenvalue weighted by molar-refractivity contribution is 5.94. The lowest BCUT2D eigenvalue weighted by atomic mass is 10.2. The minimum atomic E-state index is -4.49. The van der Waals surface area contributed by atoms with Gasteiger partial charge in [0.2, 0.25) is 5.88 Å². The molecule has 30 heavy (non-hydrogen) atoms. The van der Waals surface area contributed by atoms with Crippen LogP contribution in [-0.4, -0.2) is 40.1 Å². The van der Waals surface area contributed by atoms with E-state index in [-0.39, 0.29) is 23.9 Å². The Morgan fingerprint density at radius 2 is 1.90 bits per heavy atom. The number of hydrogen-bond donors (Lipinski definition) is 1. The molecule has 0 saturated carbocycles. The third-order valence-electron chi connectivity index (χ3n) is 4.23. The van der Waals surface area contributed by atoms with Crippen LogP contribution in [0.25, 0.3) is 11.0 Å². The fraction of sp³-hybridized carbons (Fsp3) is 0.350. The molecule has 7 nitrogen and oxygen atoms in total. The number of amides is 1. The second-order valence-corrected chi connectivity index (χ2v) is 6.95. The number of nitrogens with one attached hydrogen (secondary N) is 1. The van der Waals surface area contributed by atoms with E-state index >= 15 is 0 Å². The largest absolute Gasteiger partial charge is 0.482 e. The highest BCUT2D eigenvalue weighted by Crippen LogP contribution is 2.29. The van der Waals surface area contributed by atoms with Gasteiger partial charge in [0.1, 0.15) is 5.75 Å². The second-order valence-electron chi connectivity index (χ2n) is 6.95. The van der Waals surface area contributed by atoms with Gasteiger partial charge in [-0.2, -0.15) is 13.2 Å². The van der Waals surface area contributed by atoms with E-state index in [1.807, 2.05) is 19.9 Å². The second kappa shape index (κ2) is 8.21. The molecule has 2 aromatic heterocycles. The van der Waals surface area contributed by atoms with Crippen molar-refractivity contribution in [2.24, 2.45) is 7.05 Å². The highest BCUT2D eigenvalue weighted by Gasteiger charge is 2.29. The van der Waals surface area contributed by atoms with Crippen molar-refractivity contribution in [1.82, 2.24) is 14.8 Å². The Balaban J connectivity index is 1.72. The highest BCUT2D eigenvalue weighted by atomic mass is 19.4. The van der Waals surface area contributed by atoms with Crippen LogP contribution in [0.1, 0.15) is 16.8 Å².